The Morgan fingerprint density at radius 3 is 2.73 bits per heavy atom. The van der Waals surface area contributed by atoms with Crippen molar-refractivity contribution in [3.8, 4) is 0 Å². The SMILES string of the molecule is O=c1cc([N+](=O)[O-])c(F)c[nH]1. The first kappa shape index (κ1) is 7.39. The predicted octanol–water partition coefficient (Wildman–Crippen LogP) is 0.422. The molecular formula is C5H3FN2O3. The molecular weight excluding hydrogens is 155 g/mol. The van der Waals surface area contributed by atoms with Gasteiger partial charge in [0.15, 0.2) is 0 Å². The van der Waals surface area contributed by atoms with Crippen LogP contribution in [0.3, 0.4) is 0 Å². The summed E-state index contributed by atoms with van der Waals surface area (Å²) in [5, 5.41) is 9.99. The first-order valence-corrected chi connectivity index (χ1v) is 2.64. The van der Waals surface area contributed by atoms with Gasteiger partial charge in [0.2, 0.25) is 5.82 Å². The average molecular weight is 158 g/mol. The Bertz CT molecular complexity index is 346. The standard InChI is InChI=1S/C5H3FN2O3/c6-3-2-7-5(9)1-4(3)8(10)11/h1-2H,(H,7,9). The molecule has 58 valence electrons. The maximum absolute atomic E-state index is 12.4. The second-order valence-electron chi connectivity index (χ2n) is 1.79. The van der Waals surface area contributed by atoms with E-state index in [0.29, 0.717) is 12.3 Å². The molecule has 0 saturated carbocycles. The maximum atomic E-state index is 12.4. The summed E-state index contributed by atoms with van der Waals surface area (Å²) in [7, 11) is 0. The summed E-state index contributed by atoms with van der Waals surface area (Å²) >= 11 is 0. The highest BCUT2D eigenvalue weighted by Gasteiger charge is 2.13. The minimum Gasteiger partial charge on any atom is -0.326 e. The Labute approximate surface area is 59.6 Å². The second kappa shape index (κ2) is 2.49. The van der Waals surface area contributed by atoms with E-state index in [0.717, 1.165) is 0 Å². The van der Waals surface area contributed by atoms with Gasteiger partial charge in [0.25, 0.3) is 5.56 Å². The lowest BCUT2D eigenvalue weighted by molar-refractivity contribution is -0.387. The molecule has 0 bridgehead atoms. The molecule has 0 aromatic carbocycles. The smallest absolute Gasteiger partial charge is 0.311 e. The van der Waals surface area contributed by atoms with Crippen LogP contribution in [0.2, 0.25) is 0 Å². The molecule has 11 heavy (non-hydrogen) atoms. The molecule has 0 atom stereocenters. The van der Waals surface area contributed by atoms with Crippen LogP contribution in [0.5, 0.6) is 0 Å². The summed E-state index contributed by atoms with van der Waals surface area (Å²) < 4.78 is 12.4. The molecule has 6 heteroatoms. The van der Waals surface area contributed by atoms with E-state index in [1.54, 1.807) is 0 Å². The molecule has 0 aliphatic carbocycles. The van der Waals surface area contributed by atoms with E-state index in [-0.39, 0.29) is 0 Å². The maximum Gasteiger partial charge on any atom is 0.311 e. The minimum absolute atomic E-state index is 0.593. The molecule has 0 aliphatic heterocycles. The van der Waals surface area contributed by atoms with E-state index in [2.05, 4.69) is 0 Å². The number of aromatic amines is 1. The number of hydrogen-bond acceptors (Lipinski definition) is 3. The summed E-state index contributed by atoms with van der Waals surface area (Å²) in [5.41, 5.74) is -1.51. The van der Waals surface area contributed by atoms with Gasteiger partial charge in [-0.05, 0) is 0 Å². The first-order valence-electron chi connectivity index (χ1n) is 2.64. The zero-order valence-electron chi connectivity index (χ0n) is 5.20. The number of aromatic nitrogens is 1. The molecule has 0 spiro atoms. The number of nitrogens with zero attached hydrogens (tertiary/aromatic N) is 1. The third-order valence-corrected chi connectivity index (χ3v) is 1.05. The van der Waals surface area contributed by atoms with Crippen molar-refractivity contribution < 1.29 is 9.31 Å². The van der Waals surface area contributed by atoms with Crippen molar-refractivity contribution in [2.75, 3.05) is 0 Å². The van der Waals surface area contributed by atoms with Crippen molar-refractivity contribution in [2.45, 2.75) is 0 Å². The van der Waals surface area contributed by atoms with Gasteiger partial charge >= 0.3 is 5.69 Å². The zero-order valence-corrected chi connectivity index (χ0v) is 5.20. The van der Waals surface area contributed by atoms with Gasteiger partial charge in [0.1, 0.15) is 0 Å². The van der Waals surface area contributed by atoms with Crippen LogP contribution in [-0.2, 0) is 0 Å². The summed E-state index contributed by atoms with van der Waals surface area (Å²) in [5.74, 6) is -1.05. The number of rotatable bonds is 1. The van der Waals surface area contributed by atoms with Crippen LogP contribution in [0.15, 0.2) is 17.1 Å². The van der Waals surface area contributed by atoms with Gasteiger partial charge in [-0.25, -0.2) is 0 Å². The van der Waals surface area contributed by atoms with Crippen LogP contribution in [0.1, 0.15) is 0 Å². The fourth-order valence-corrected chi connectivity index (χ4v) is 0.583. The predicted molar refractivity (Wildman–Crippen MR) is 33.7 cm³/mol. The van der Waals surface area contributed by atoms with Crippen LogP contribution in [0, 0.1) is 15.9 Å². The quantitative estimate of drug-likeness (QED) is 0.475. The molecule has 0 saturated heterocycles. The number of H-pyrrole nitrogens is 1. The normalized spacial score (nSPS) is 9.55. The number of halogens is 1. The molecule has 0 amide bonds. The van der Waals surface area contributed by atoms with Crippen LogP contribution in [-0.4, -0.2) is 9.91 Å². The van der Waals surface area contributed by atoms with Gasteiger partial charge in [-0.3, -0.25) is 14.9 Å². The average Bonchev–Trinajstić information content (AvgIpc) is 1.94. The summed E-state index contributed by atoms with van der Waals surface area (Å²) in [4.78, 5) is 21.4. The van der Waals surface area contributed by atoms with Crippen molar-refractivity contribution in [3.63, 3.8) is 0 Å². The Hall–Kier alpha value is -1.72. The van der Waals surface area contributed by atoms with Crippen molar-refractivity contribution in [2.24, 2.45) is 0 Å². The fraction of sp³-hybridized carbons (Fsp3) is 0. The van der Waals surface area contributed by atoms with Gasteiger partial charge in [-0.2, -0.15) is 4.39 Å². The molecule has 1 heterocycles. The first-order chi connectivity index (χ1) is 5.11. The van der Waals surface area contributed by atoms with Gasteiger partial charge < -0.3 is 4.98 Å². The Morgan fingerprint density at radius 2 is 2.27 bits per heavy atom. The third kappa shape index (κ3) is 1.40. The molecule has 0 aliphatic rings. The summed E-state index contributed by atoms with van der Waals surface area (Å²) in [6.07, 6.45) is 0.653. The zero-order chi connectivity index (χ0) is 8.43. The third-order valence-electron chi connectivity index (χ3n) is 1.05. The van der Waals surface area contributed by atoms with Gasteiger partial charge in [-0.1, -0.05) is 0 Å². The van der Waals surface area contributed by atoms with E-state index in [1.807, 2.05) is 4.98 Å². The van der Waals surface area contributed by atoms with Gasteiger partial charge in [0.05, 0.1) is 11.0 Å². The largest absolute Gasteiger partial charge is 0.326 e. The monoisotopic (exact) mass is 158 g/mol. The summed E-state index contributed by atoms with van der Waals surface area (Å²) in [6, 6.07) is 0.593. The van der Waals surface area contributed by atoms with Crippen molar-refractivity contribution >= 4 is 5.69 Å². The number of pyridine rings is 1. The van der Waals surface area contributed by atoms with Crippen molar-refractivity contribution in [3.05, 3.63) is 38.5 Å². The molecule has 1 aromatic rings. The highest BCUT2D eigenvalue weighted by molar-refractivity contribution is 5.27. The lowest BCUT2D eigenvalue weighted by Gasteiger charge is -1.89. The van der Waals surface area contributed by atoms with Crippen molar-refractivity contribution in [1.82, 2.24) is 4.98 Å². The molecule has 1 N–H and O–H groups in total. The van der Waals surface area contributed by atoms with Crippen LogP contribution >= 0.6 is 0 Å². The van der Waals surface area contributed by atoms with E-state index in [9.17, 15) is 19.3 Å². The van der Waals surface area contributed by atoms with Crippen LogP contribution < -0.4 is 5.56 Å². The van der Waals surface area contributed by atoms with E-state index >= 15 is 0 Å². The minimum atomic E-state index is -1.05. The van der Waals surface area contributed by atoms with E-state index in [1.165, 1.54) is 0 Å². The lowest BCUT2D eigenvalue weighted by atomic mass is 10.4. The Kier molecular flexibility index (Phi) is 1.67. The molecule has 1 rings (SSSR count). The molecule has 0 radical (unpaired) electrons. The Morgan fingerprint density at radius 1 is 1.64 bits per heavy atom. The highest BCUT2D eigenvalue weighted by Crippen LogP contribution is 2.10. The van der Waals surface area contributed by atoms with E-state index in [4.69, 9.17) is 0 Å². The second-order valence-corrected chi connectivity index (χ2v) is 1.79. The lowest BCUT2D eigenvalue weighted by Crippen LogP contribution is -2.06. The highest BCUT2D eigenvalue weighted by atomic mass is 19.1. The number of nitro groups is 1. The molecule has 0 unspecified atom stereocenters. The van der Waals surface area contributed by atoms with Gasteiger partial charge in [-0.15, -0.1) is 0 Å². The van der Waals surface area contributed by atoms with Crippen molar-refractivity contribution in [1.29, 1.82) is 0 Å². The topological polar surface area (TPSA) is 76.0 Å². The number of nitrogens with one attached hydrogen (secondary N) is 1. The molecule has 1 aromatic heterocycles. The van der Waals surface area contributed by atoms with Gasteiger partial charge in [0, 0.05) is 6.20 Å². The van der Waals surface area contributed by atoms with Crippen LogP contribution in [0.4, 0.5) is 10.1 Å². The fourth-order valence-electron chi connectivity index (χ4n) is 0.583. The molecule has 5 nitrogen and oxygen atoms in total. The van der Waals surface area contributed by atoms with Crippen LogP contribution in [0.25, 0.3) is 0 Å². The Balaban J connectivity index is 3.35. The molecule has 0 fully saturated rings. The van der Waals surface area contributed by atoms with E-state index < -0.39 is 22.0 Å². The summed E-state index contributed by atoms with van der Waals surface area (Å²) in [6.45, 7) is 0. The number of hydrogen-bond donors (Lipinski definition) is 1.